The van der Waals surface area contributed by atoms with Gasteiger partial charge in [-0.25, -0.2) is 13.6 Å². The summed E-state index contributed by atoms with van der Waals surface area (Å²) in [5.41, 5.74) is 4.30. The van der Waals surface area contributed by atoms with Crippen LogP contribution in [0.5, 0.6) is 5.75 Å². The average Bonchev–Trinajstić information content (AvgIpc) is 2.37. The van der Waals surface area contributed by atoms with Gasteiger partial charge in [0.25, 0.3) is 6.43 Å². The molecule has 0 saturated heterocycles. The van der Waals surface area contributed by atoms with Gasteiger partial charge < -0.3 is 15.2 Å². The van der Waals surface area contributed by atoms with E-state index in [9.17, 15) is 13.6 Å². The molecule has 0 aliphatic carbocycles. The number of halogens is 2. The lowest BCUT2D eigenvalue weighted by molar-refractivity contribution is 0.0634. The molecule has 1 atom stereocenters. The number of methoxy groups -OCH3 is 1. The van der Waals surface area contributed by atoms with E-state index in [-0.39, 0.29) is 6.42 Å². The van der Waals surface area contributed by atoms with Gasteiger partial charge in [0, 0.05) is 0 Å². The Morgan fingerprint density at radius 2 is 1.91 bits per heavy atom. The first-order valence-corrected chi connectivity index (χ1v) is 7.18. The number of hydrogen-bond donors (Lipinski definition) is 2. The second-order valence-electron chi connectivity index (χ2n) is 6.64. The Balaban J connectivity index is 2.91. The molecule has 23 heavy (non-hydrogen) atoms. The monoisotopic (exact) mass is 330 g/mol. The molecule has 1 aromatic rings. The second-order valence-corrected chi connectivity index (χ2v) is 6.64. The van der Waals surface area contributed by atoms with Crippen molar-refractivity contribution in [2.24, 2.45) is 5.73 Å². The summed E-state index contributed by atoms with van der Waals surface area (Å²) in [6, 6.07) is 4.75. The summed E-state index contributed by atoms with van der Waals surface area (Å²) < 4.78 is 36.1. The predicted octanol–water partition coefficient (Wildman–Crippen LogP) is 3.57. The van der Waals surface area contributed by atoms with E-state index in [1.165, 1.54) is 14.0 Å². The Morgan fingerprint density at radius 1 is 1.30 bits per heavy atom. The van der Waals surface area contributed by atoms with E-state index in [1.807, 2.05) is 0 Å². The summed E-state index contributed by atoms with van der Waals surface area (Å²) >= 11 is 0. The zero-order valence-corrected chi connectivity index (χ0v) is 14.1. The van der Waals surface area contributed by atoms with Gasteiger partial charge in [0.1, 0.15) is 11.4 Å². The number of anilines is 1. The highest BCUT2D eigenvalue weighted by molar-refractivity contribution is 5.87. The first-order chi connectivity index (χ1) is 10.4. The SMILES string of the molecule is COc1cc(CC(C)(N)C(F)F)ccc1NC(=O)OC(C)(C)C. The quantitative estimate of drug-likeness (QED) is 0.865. The molecule has 0 aromatic heterocycles. The molecule has 1 aromatic carbocycles. The van der Waals surface area contributed by atoms with Crippen LogP contribution < -0.4 is 15.8 Å². The van der Waals surface area contributed by atoms with Gasteiger partial charge in [-0.1, -0.05) is 6.07 Å². The number of amides is 1. The van der Waals surface area contributed by atoms with Crippen molar-refractivity contribution in [3.63, 3.8) is 0 Å². The molecule has 0 bridgehead atoms. The van der Waals surface area contributed by atoms with Gasteiger partial charge in [0.15, 0.2) is 0 Å². The third kappa shape index (κ3) is 6.02. The topological polar surface area (TPSA) is 73.6 Å². The lowest BCUT2D eigenvalue weighted by Gasteiger charge is -2.24. The smallest absolute Gasteiger partial charge is 0.412 e. The van der Waals surface area contributed by atoms with E-state index >= 15 is 0 Å². The first kappa shape index (κ1) is 19.2. The van der Waals surface area contributed by atoms with Crippen LogP contribution in [0.3, 0.4) is 0 Å². The van der Waals surface area contributed by atoms with Crippen molar-refractivity contribution >= 4 is 11.8 Å². The number of carbonyl (C=O) groups is 1. The summed E-state index contributed by atoms with van der Waals surface area (Å²) in [4.78, 5) is 11.8. The van der Waals surface area contributed by atoms with Crippen molar-refractivity contribution in [3.05, 3.63) is 23.8 Å². The number of nitrogens with two attached hydrogens (primary N) is 1. The van der Waals surface area contributed by atoms with Crippen LogP contribution in [-0.4, -0.2) is 30.8 Å². The van der Waals surface area contributed by atoms with Crippen molar-refractivity contribution in [1.29, 1.82) is 0 Å². The number of carbonyl (C=O) groups excluding carboxylic acids is 1. The summed E-state index contributed by atoms with van der Waals surface area (Å²) in [6.45, 7) is 6.54. The van der Waals surface area contributed by atoms with Crippen LogP contribution in [0.1, 0.15) is 33.3 Å². The summed E-state index contributed by atoms with van der Waals surface area (Å²) in [6.07, 6.45) is -3.29. The Morgan fingerprint density at radius 3 is 2.39 bits per heavy atom. The third-order valence-electron chi connectivity index (χ3n) is 2.99. The summed E-state index contributed by atoms with van der Waals surface area (Å²) in [5, 5.41) is 2.57. The predicted molar refractivity (Wildman–Crippen MR) is 85.2 cm³/mol. The lowest BCUT2D eigenvalue weighted by Crippen LogP contribution is -2.45. The van der Waals surface area contributed by atoms with Crippen molar-refractivity contribution in [1.82, 2.24) is 0 Å². The van der Waals surface area contributed by atoms with Gasteiger partial charge in [0.05, 0.1) is 18.3 Å². The Kier molecular flexibility index (Phi) is 5.93. The van der Waals surface area contributed by atoms with Gasteiger partial charge >= 0.3 is 6.09 Å². The molecule has 7 heteroatoms. The van der Waals surface area contributed by atoms with E-state index in [0.29, 0.717) is 17.0 Å². The number of hydrogen-bond acceptors (Lipinski definition) is 4. The fourth-order valence-corrected chi connectivity index (χ4v) is 1.88. The highest BCUT2D eigenvalue weighted by Gasteiger charge is 2.30. The Hall–Kier alpha value is -1.89. The normalized spacial score (nSPS) is 14.3. The third-order valence-corrected chi connectivity index (χ3v) is 2.99. The van der Waals surface area contributed by atoms with Gasteiger partial charge in [-0.15, -0.1) is 0 Å². The van der Waals surface area contributed by atoms with Crippen LogP contribution in [0.15, 0.2) is 18.2 Å². The summed E-state index contributed by atoms with van der Waals surface area (Å²) in [7, 11) is 1.42. The van der Waals surface area contributed by atoms with E-state index in [1.54, 1.807) is 39.0 Å². The van der Waals surface area contributed by atoms with E-state index < -0.39 is 23.7 Å². The maximum Gasteiger partial charge on any atom is 0.412 e. The standard InChI is InChI=1S/C16H24F2N2O3/c1-15(2,3)23-14(21)20-11-7-6-10(8-12(11)22-5)9-16(4,19)13(17)18/h6-8,13H,9,19H2,1-5H3,(H,20,21). The molecule has 1 rings (SSSR count). The van der Waals surface area contributed by atoms with Crippen LogP contribution in [0.4, 0.5) is 19.3 Å². The van der Waals surface area contributed by atoms with Crippen LogP contribution in [0.25, 0.3) is 0 Å². The molecule has 0 saturated carbocycles. The van der Waals surface area contributed by atoms with Crippen LogP contribution in [-0.2, 0) is 11.2 Å². The maximum atomic E-state index is 12.9. The number of rotatable bonds is 5. The molecule has 0 aliphatic rings. The maximum absolute atomic E-state index is 12.9. The van der Waals surface area contributed by atoms with Gasteiger partial charge in [-0.05, 0) is 51.8 Å². The first-order valence-electron chi connectivity index (χ1n) is 7.18. The van der Waals surface area contributed by atoms with E-state index in [4.69, 9.17) is 15.2 Å². The molecule has 1 unspecified atom stereocenters. The van der Waals surface area contributed by atoms with Crippen molar-refractivity contribution < 1.29 is 23.0 Å². The number of benzene rings is 1. The van der Waals surface area contributed by atoms with Crippen molar-refractivity contribution in [2.45, 2.75) is 51.7 Å². The largest absolute Gasteiger partial charge is 0.495 e. The Bertz CT molecular complexity index is 555. The molecule has 0 fully saturated rings. The van der Waals surface area contributed by atoms with Crippen LogP contribution in [0, 0.1) is 0 Å². The number of nitrogens with one attached hydrogen (secondary N) is 1. The minimum Gasteiger partial charge on any atom is -0.495 e. The highest BCUT2D eigenvalue weighted by atomic mass is 19.3. The fraction of sp³-hybridized carbons (Fsp3) is 0.562. The molecule has 0 aliphatic heterocycles. The minimum absolute atomic E-state index is 0.0201. The molecule has 0 heterocycles. The number of ether oxygens (including phenoxy) is 2. The van der Waals surface area contributed by atoms with Gasteiger partial charge in [0.2, 0.25) is 0 Å². The fourth-order valence-electron chi connectivity index (χ4n) is 1.88. The Labute approximate surface area is 135 Å². The van der Waals surface area contributed by atoms with Crippen LogP contribution >= 0.6 is 0 Å². The zero-order chi connectivity index (χ0) is 17.8. The molecular weight excluding hydrogens is 306 g/mol. The minimum atomic E-state index is -2.65. The highest BCUT2D eigenvalue weighted by Crippen LogP contribution is 2.28. The molecule has 0 spiro atoms. The second kappa shape index (κ2) is 7.12. The molecular formula is C16H24F2N2O3. The lowest BCUT2D eigenvalue weighted by atomic mass is 9.94. The van der Waals surface area contributed by atoms with Crippen LogP contribution in [0.2, 0.25) is 0 Å². The van der Waals surface area contributed by atoms with Gasteiger partial charge in [-0.3, -0.25) is 5.32 Å². The summed E-state index contributed by atoms with van der Waals surface area (Å²) in [5.74, 6) is 0.346. The van der Waals surface area contributed by atoms with Gasteiger partial charge in [-0.2, -0.15) is 0 Å². The van der Waals surface area contributed by atoms with Crippen molar-refractivity contribution in [3.8, 4) is 5.75 Å². The molecule has 5 nitrogen and oxygen atoms in total. The molecule has 1 amide bonds. The molecule has 3 N–H and O–H groups in total. The molecule has 0 radical (unpaired) electrons. The number of alkyl halides is 2. The van der Waals surface area contributed by atoms with Crippen molar-refractivity contribution in [2.75, 3.05) is 12.4 Å². The molecule has 130 valence electrons. The van der Waals surface area contributed by atoms with E-state index in [2.05, 4.69) is 5.32 Å². The zero-order valence-electron chi connectivity index (χ0n) is 14.1. The average molecular weight is 330 g/mol. The van der Waals surface area contributed by atoms with E-state index in [0.717, 1.165) is 0 Å².